The summed E-state index contributed by atoms with van der Waals surface area (Å²) in [7, 11) is 1.77. The van der Waals surface area contributed by atoms with Crippen LogP contribution in [0.15, 0.2) is 6.33 Å². The van der Waals surface area contributed by atoms with Crippen molar-refractivity contribution < 1.29 is 19.0 Å². The van der Waals surface area contributed by atoms with Crippen LogP contribution in [0.4, 0.5) is 0 Å². The number of hydrogen-bond donors (Lipinski definition) is 0. The Morgan fingerprint density at radius 2 is 2.11 bits per heavy atom. The number of amides is 1. The van der Waals surface area contributed by atoms with E-state index in [0.29, 0.717) is 13.2 Å². The standard InChI is InChI=1S/C18H29N5O4/c1-21-13-19-17(20-21)18(24)23-5-4-16-15(23)3-2-14(27-16)12-26-11-8-22-6-9-25-10-7-22/h13-16H,2-12H2,1H3/t14-,15-,16-/m1/s1. The van der Waals surface area contributed by atoms with Gasteiger partial charge in [0, 0.05) is 33.2 Å². The van der Waals surface area contributed by atoms with Gasteiger partial charge < -0.3 is 19.1 Å². The van der Waals surface area contributed by atoms with E-state index in [-0.39, 0.29) is 30.0 Å². The average Bonchev–Trinajstić information content (AvgIpc) is 3.31. The van der Waals surface area contributed by atoms with Crippen molar-refractivity contribution in [2.45, 2.75) is 37.5 Å². The molecule has 9 nitrogen and oxygen atoms in total. The van der Waals surface area contributed by atoms with Gasteiger partial charge >= 0.3 is 0 Å². The van der Waals surface area contributed by atoms with E-state index in [0.717, 1.165) is 58.7 Å². The largest absolute Gasteiger partial charge is 0.379 e. The molecule has 4 rings (SSSR count). The molecule has 3 aliphatic heterocycles. The Balaban J connectivity index is 1.20. The van der Waals surface area contributed by atoms with Crippen LogP contribution in [-0.2, 0) is 21.3 Å². The zero-order valence-electron chi connectivity index (χ0n) is 16.0. The summed E-state index contributed by atoms with van der Waals surface area (Å²) in [5, 5.41) is 4.14. The SMILES string of the molecule is Cn1cnc(C(=O)N2CC[C@H]3O[C@@H](COCCN4CCOCC4)CC[C@H]32)n1. The number of morpholine rings is 1. The fourth-order valence-corrected chi connectivity index (χ4v) is 4.17. The summed E-state index contributed by atoms with van der Waals surface area (Å²) in [5.41, 5.74) is 0. The van der Waals surface area contributed by atoms with Crippen LogP contribution in [0, 0.1) is 0 Å². The molecule has 4 heterocycles. The molecule has 0 unspecified atom stereocenters. The molecule has 0 saturated carbocycles. The molecule has 9 heteroatoms. The number of carbonyl (C=O) groups is 1. The minimum atomic E-state index is -0.0908. The molecule has 0 radical (unpaired) electrons. The van der Waals surface area contributed by atoms with E-state index in [4.69, 9.17) is 14.2 Å². The van der Waals surface area contributed by atoms with E-state index in [9.17, 15) is 4.79 Å². The van der Waals surface area contributed by atoms with Crippen molar-refractivity contribution in [1.29, 1.82) is 0 Å². The quantitative estimate of drug-likeness (QED) is 0.640. The predicted molar refractivity (Wildman–Crippen MR) is 96.4 cm³/mol. The Bertz CT molecular complexity index is 633. The van der Waals surface area contributed by atoms with Crippen molar-refractivity contribution in [1.82, 2.24) is 24.6 Å². The molecular weight excluding hydrogens is 350 g/mol. The first-order chi connectivity index (χ1) is 13.2. The normalized spacial score (nSPS) is 29.1. The highest BCUT2D eigenvalue weighted by Gasteiger charge is 2.42. The number of nitrogens with zero attached hydrogens (tertiary/aromatic N) is 5. The molecule has 0 aromatic carbocycles. The lowest BCUT2D eigenvalue weighted by Gasteiger charge is -2.35. The third kappa shape index (κ3) is 4.48. The number of fused-ring (bicyclic) bond motifs is 1. The van der Waals surface area contributed by atoms with Gasteiger partial charge in [0.05, 0.1) is 44.7 Å². The van der Waals surface area contributed by atoms with Crippen LogP contribution in [0.3, 0.4) is 0 Å². The zero-order valence-corrected chi connectivity index (χ0v) is 16.0. The molecule has 1 amide bonds. The first kappa shape index (κ1) is 18.8. The fourth-order valence-electron chi connectivity index (χ4n) is 4.17. The highest BCUT2D eigenvalue weighted by Crippen LogP contribution is 2.32. The van der Waals surface area contributed by atoms with Gasteiger partial charge in [0.25, 0.3) is 5.91 Å². The maximum absolute atomic E-state index is 12.7. The summed E-state index contributed by atoms with van der Waals surface area (Å²) in [6, 6.07) is 0.130. The summed E-state index contributed by atoms with van der Waals surface area (Å²) in [5.74, 6) is 0.179. The Morgan fingerprint density at radius 1 is 1.26 bits per heavy atom. The molecule has 0 aliphatic carbocycles. The highest BCUT2D eigenvalue weighted by atomic mass is 16.5. The smallest absolute Gasteiger partial charge is 0.293 e. The first-order valence-electron chi connectivity index (χ1n) is 9.90. The zero-order chi connectivity index (χ0) is 18.6. The second-order valence-corrected chi connectivity index (χ2v) is 7.50. The molecule has 0 spiro atoms. The van der Waals surface area contributed by atoms with Crippen molar-refractivity contribution >= 4 is 5.91 Å². The van der Waals surface area contributed by atoms with E-state index < -0.39 is 0 Å². The Kier molecular flexibility index (Phi) is 6.01. The average molecular weight is 379 g/mol. The van der Waals surface area contributed by atoms with Crippen LogP contribution in [0.2, 0.25) is 0 Å². The lowest BCUT2D eigenvalue weighted by molar-refractivity contribution is -0.0984. The molecule has 0 N–H and O–H groups in total. The number of hydrogen-bond acceptors (Lipinski definition) is 7. The summed E-state index contributed by atoms with van der Waals surface area (Å²) in [6.45, 7) is 6.62. The van der Waals surface area contributed by atoms with E-state index in [1.807, 2.05) is 4.90 Å². The molecular formula is C18H29N5O4. The summed E-state index contributed by atoms with van der Waals surface area (Å²) in [6.07, 6.45) is 4.51. The number of carbonyl (C=O) groups excluding carboxylic acids is 1. The lowest BCUT2D eigenvalue weighted by Crippen LogP contribution is -2.46. The molecule has 3 atom stereocenters. The van der Waals surface area contributed by atoms with Gasteiger partial charge in [-0.05, 0) is 19.3 Å². The highest BCUT2D eigenvalue weighted by molar-refractivity contribution is 5.90. The Morgan fingerprint density at radius 3 is 2.89 bits per heavy atom. The van der Waals surface area contributed by atoms with Crippen molar-refractivity contribution in [3.63, 3.8) is 0 Å². The molecule has 3 fully saturated rings. The molecule has 150 valence electrons. The van der Waals surface area contributed by atoms with Gasteiger partial charge in [0.15, 0.2) is 0 Å². The summed E-state index contributed by atoms with van der Waals surface area (Å²) < 4.78 is 19.0. The fraction of sp³-hybridized carbons (Fsp3) is 0.833. The van der Waals surface area contributed by atoms with E-state index in [1.165, 1.54) is 0 Å². The van der Waals surface area contributed by atoms with Gasteiger partial charge in [0.1, 0.15) is 6.33 Å². The summed E-state index contributed by atoms with van der Waals surface area (Å²) in [4.78, 5) is 21.0. The van der Waals surface area contributed by atoms with E-state index in [1.54, 1.807) is 18.1 Å². The van der Waals surface area contributed by atoms with Gasteiger partial charge in [0.2, 0.25) is 5.82 Å². The van der Waals surface area contributed by atoms with Crippen LogP contribution in [0.25, 0.3) is 0 Å². The molecule has 3 aliphatic rings. The molecule has 27 heavy (non-hydrogen) atoms. The van der Waals surface area contributed by atoms with Gasteiger partial charge in [-0.1, -0.05) is 0 Å². The Labute approximate surface area is 159 Å². The lowest BCUT2D eigenvalue weighted by atomic mass is 9.99. The topological polar surface area (TPSA) is 82.0 Å². The second-order valence-electron chi connectivity index (χ2n) is 7.50. The van der Waals surface area contributed by atoms with Crippen molar-refractivity contribution in [3.05, 3.63) is 12.2 Å². The molecule has 1 aromatic heterocycles. The van der Waals surface area contributed by atoms with Crippen molar-refractivity contribution in [3.8, 4) is 0 Å². The maximum atomic E-state index is 12.7. The number of aryl methyl sites for hydroxylation is 1. The van der Waals surface area contributed by atoms with Crippen LogP contribution >= 0.6 is 0 Å². The van der Waals surface area contributed by atoms with Gasteiger partial charge in [-0.15, -0.1) is 5.10 Å². The van der Waals surface area contributed by atoms with Crippen LogP contribution in [-0.4, -0.2) is 101 Å². The number of likely N-dealkylation sites (tertiary alicyclic amines) is 1. The summed E-state index contributed by atoms with van der Waals surface area (Å²) >= 11 is 0. The number of aromatic nitrogens is 3. The number of rotatable bonds is 6. The third-order valence-corrected chi connectivity index (χ3v) is 5.65. The van der Waals surface area contributed by atoms with Crippen LogP contribution in [0.5, 0.6) is 0 Å². The van der Waals surface area contributed by atoms with Crippen LogP contribution < -0.4 is 0 Å². The van der Waals surface area contributed by atoms with Gasteiger partial charge in [-0.2, -0.15) is 0 Å². The van der Waals surface area contributed by atoms with Crippen molar-refractivity contribution in [2.75, 3.05) is 52.6 Å². The predicted octanol–water partition coefficient (Wildman–Crippen LogP) is -0.0740. The molecule has 0 bridgehead atoms. The second kappa shape index (κ2) is 8.64. The Hall–Kier alpha value is -1.55. The van der Waals surface area contributed by atoms with E-state index in [2.05, 4.69) is 15.0 Å². The van der Waals surface area contributed by atoms with Crippen LogP contribution in [0.1, 0.15) is 29.9 Å². The van der Waals surface area contributed by atoms with E-state index >= 15 is 0 Å². The first-order valence-corrected chi connectivity index (χ1v) is 9.90. The van der Waals surface area contributed by atoms with Gasteiger partial charge in [-0.3, -0.25) is 14.4 Å². The maximum Gasteiger partial charge on any atom is 0.293 e. The number of ether oxygens (including phenoxy) is 3. The van der Waals surface area contributed by atoms with Gasteiger partial charge in [-0.25, -0.2) is 4.98 Å². The monoisotopic (exact) mass is 379 g/mol. The third-order valence-electron chi connectivity index (χ3n) is 5.65. The molecule has 3 saturated heterocycles. The van der Waals surface area contributed by atoms with Crippen molar-refractivity contribution in [2.24, 2.45) is 7.05 Å². The molecule has 1 aromatic rings. The minimum absolute atomic E-state index is 0.0908. The minimum Gasteiger partial charge on any atom is -0.379 e.